The van der Waals surface area contributed by atoms with Gasteiger partial charge >= 0.3 is 5.97 Å². The highest BCUT2D eigenvalue weighted by Gasteiger charge is 2.45. The van der Waals surface area contributed by atoms with Crippen LogP contribution in [0, 0.1) is 11.8 Å². The Kier molecular flexibility index (Phi) is 7.44. The normalized spacial score (nSPS) is 36.1. The van der Waals surface area contributed by atoms with Gasteiger partial charge in [0.25, 0.3) is 0 Å². The van der Waals surface area contributed by atoms with E-state index in [4.69, 9.17) is 4.98 Å². The highest BCUT2D eigenvalue weighted by atomic mass is 16.4. The van der Waals surface area contributed by atoms with Gasteiger partial charge in [0.2, 0.25) is 0 Å². The molecule has 7 atom stereocenters. The molecule has 5 aliphatic rings. The number of imidazole rings is 1. The molecular weight excluding hydrogens is 484 g/mol. The number of piperidine rings is 3. The van der Waals surface area contributed by atoms with Crippen molar-refractivity contribution in [2.45, 2.75) is 133 Å². The smallest absolute Gasteiger partial charge is 0.317 e. The maximum atomic E-state index is 11.6. The van der Waals surface area contributed by atoms with E-state index in [2.05, 4.69) is 38.6 Å². The second-order valence-corrected chi connectivity index (χ2v) is 13.8. The van der Waals surface area contributed by atoms with Crippen molar-refractivity contribution in [3.05, 3.63) is 30.1 Å². The minimum absolute atomic E-state index is 0.150. The molecule has 3 aliphatic heterocycles. The van der Waals surface area contributed by atoms with Gasteiger partial charge in [-0.05, 0) is 88.3 Å². The van der Waals surface area contributed by atoms with Crippen LogP contribution in [-0.2, 0) is 11.2 Å². The van der Waals surface area contributed by atoms with E-state index in [0.717, 1.165) is 49.2 Å². The van der Waals surface area contributed by atoms with Gasteiger partial charge in [0, 0.05) is 36.6 Å². The summed E-state index contributed by atoms with van der Waals surface area (Å²) in [7, 11) is 0. The fourth-order valence-corrected chi connectivity index (χ4v) is 9.84. The first-order valence-corrected chi connectivity index (χ1v) is 16.3. The highest BCUT2D eigenvalue weighted by Crippen LogP contribution is 2.47. The lowest BCUT2D eigenvalue weighted by atomic mass is 9.73. The third-order valence-corrected chi connectivity index (χ3v) is 11.3. The van der Waals surface area contributed by atoms with Crippen molar-refractivity contribution in [3.63, 3.8) is 0 Å². The molecule has 2 aliphatic carbocycles. The van der Waals surface area contributed by atoms with E-state index in [1.807, 2.05) is 0 Å². The van der Waals surface area contributed by atoms with Gasteiger partial charge in [-0.2, -0.15) is 0 Å². The second kappa shape index (κ2) is 11.2. The number of nitrogens with zero attached hydrogens (tertiary/aromatic N) is 4. The van der Waals surface area contributed by atoms with E-state index in [1.54, 1.807) is 0 Å². The van der Waals surface area contributed by atoms with Crippen LogP contribution in [-0.4, -0.2) is 67.7 Å². The summed E-state index contributed by atoms with van der Waals surface area (Å²) in [6.45, 7) is 1.04. The van der Waals surface area contributed by atoms with Crippen LogP contribution < -0.4 is 0 Å². The van der Waals surface area contributed by atoms with Crippen LogP contribution in [0.5, 0.6) is 0 Å². The molecule has 7 rings (SSSR count). The number of carbonyl (C=O) groups is 1. The monoisotopic (exact) mass is 532 g/mol. The number of fused-ring (bicyclic) bond motifs is 5. The van der Waals surface area contributed by atoms with Gasteiger partial charge in [-0.3, -0.25) is 14.6 Å². The van der Waals surface area contributed by atoms with Gasteiger partial charge in [-0.15, -0.1) is 0 Å². The maximum absolute atomic E-state index is 11.6. The van der Waals surface area contributed by atoms with Gasteiger partial charge in [-0.25, -0.2) is 4.98 Å². The Morgan fingerprint density at radius 3 is 2.26 bits per heavy atom. The zero-order valence-corrected chi connectivity index (χ0v) is 23.7. The van der Waals surface area contributed by atoms with Gasteiger partial charge in [0.05, 0.1) is 17.6 Å². The van der Waals surface area contributed by atoms with Gasteiger partial charge in [-0.1, -0.05) is 50.7 Å². The molecule has 6 heteroatoms. The number of aromatic nitrogens is 2. The molecule has 39 heavy (non-hydrogen) atoms. The quantitative estimate of drug-likeness (QED) is 0.464. The summed E-state index contributed by atoms with van der Waals surface area (Å²) >= 11 is 0. The minimum atomic E-state index is -0.710. The summed E-state index contributed by atoms with van der Waals surface area (Å²) in [5, 5.41) is 9.55. The molecular formula is C33H48N4O2. The highest BCUT2D eigenvalue weighted by molar-refractivity contribution is 5.76. The molecule has 1 aromatic carbocycles. The molecule has 2 saturated carbocycles. The topological polar surface area (TPSA) is 61.6 Å². The Labute approximate surface area is 234 Å². The number of hydrogen-bond acceptors (Lipinski definition) is 4. The van der Waals surface area contributed by atoms with Crippen molar-refractivity contribution in [2.75, 3.05) is 13.1 Å². The maximum Gasteiger partial charge on any atom is 0.317 e. The molecule has 0 amide bonds. The summed E-state index contributed by atoms with van der Waals surface area (Å²) < 4.78 is 2.63. The number of carboxylic acid groups (broad SMARTS) is 1. The minimum Gasteiger partial charge on any atom is -0.480 e. The van der Waals surface area contributed by atoms with Crippen molar-refractivity contribution in [3.8, 4) is 0 Å². The number of likely N-dealkylation sites (tertiary alicyclic amines) is 1. The van der Waals surface area contributed by atoms with E-state index in [-0.39, 0.29) is 12.6 Å². The van der Waals surface area contributed by atoms with Crippen LogP contribution in [0.25, 0.3) is 11.0 Å². The zero-order valence-electron chi connectivity index (χ0n) is 23.7. The van der Waals surface area contributed by atoms with Gasteiger partial charge in [0.15, 0.2) is 0 Å². The Bertz CT molecular complexity index is 1130. The largest absolute Gasteiger partial charge is 0.480 e. The predicted octanol–water partition coefficient (Wildman–Crippen LogP) is 6.43. The van der Waals surface area contributed by atoms with E-state index in [0.29, 0.717) is 18.1 Å². The van der Waals surface area contributed by atoms with Crippen molar-refractivity contribution >= 4 is 17.0 Å². The van der Waals surface area contributed by atoms with E-state index in [9.17, 15) is 9.90 Å². The zero-order chi connectivity index (χ0) is 26.3. The summed E-state index contributed by atoms with van der Waals surface area (Å²) in [4.78, 5) is 22.1. The number of para-hydroxylation sites is 2. The molecule has 212 valence electrons. The Balaban J connectivity index is 1.16. The van der Waals surface area contributed by atoms with Gasteiger partial charge < -0.3 is 9.67 Å². The summed E-state index contributed by atoms with van der Waals surface area (Å²) in [6.07, 6.45) is 21.1. The van der Waals surface area contributed by atoms with Crippen molar-refractivity contribution < 1.29 is 9.90 Å². The average molecular weight is 533 g/mol. The fraction of sp³-hybridized carbons (Fsp3) is 0.758. The molecule has 4 heterocycles. The number of carboxylic acids is 1. The average Bonchev–Trinajstić information content (AvgIpc) is 3.19. The standard InChI is InChI=1S/C33H48N4O2/c38-33(39)22-35-15-6-5-10-25(35)21-32-34-30-13-3-4-14-31(30)37(32)29-19-26-11-7-12-27(20-29)36(26)28-17-23-8-1-2-9-24(16-23)18-28/h3-4,13-14,23-29H,1-2,5-12,15-22H2,(H,38,39)/t23-,24+,25-,26-,27+,28?,29?/m0/s1. The van der Waals surface area contributed by atoms with Crippen LogP contribution in [0.4, 0.5) is 0 Å². The first kappa shape index (κ1) is 26.0. The molecule has 0 spiro atoms. The molecule has 2 aromatic rings. The number of rotatable bonds is 6. The van der Waals surface area contributed by atoms with Crippen LogP contribution in [0.15, 0.2) is 24.3 Å². The number of hydrogen-bond donors (Lipinski definition) is 1. The van der Waals surface area contributed by atoms with E-state index >= 15 is 0 Å². The van der Waals surface area contributed by atoms with Crippen LogP contribution in [0.1, 0.15) is 108 Å². The molecule has 3 saturated heterocycles. The van der Waals surface area contributed by atoms with Crippen LogP contribution in [0.3, 0.4) is 0 Å². The second-order valence-electron chi connectivity index (χ2n) is 13.8. The molecule has 6 nitrogen and oxygen atoms in total. The molecule has 2 unspecified atom stereocenters. The molecule has 4 bridgehead atoms. The van der Waals surface area contributed by atoms with Crippen LogP contribution >= 0.6 is 0 Å². The summed E-state index contributed by atoms with van der Waals surface area (Å²) in [5.41, 5.74) is 2.39. The van der Waals surface area contributed by atoms with Crippen molar-refractivity contribution in [1.29, 1.82) is 0 Å². The number of benzene rings is 1. The lowest BCUT2D eigenvalue weighted by molar-refractivity contribution is -0.139. The Morgan fingerprint density at radius 2 is 1.51 bits per heavy atom. The first-order valence-electron chi connectivity index (χ1n) is 16.3. The third kappa shape index (κ3) is 5.28. The predicted molar refractivity (Wildman–Crippen MR) is 155 cm³/mol. The lowest BCUT2D eigenvalue weighted by Crippen LogP contribution is -2.58. The first-order chi connectivity index (χ1) is 19.1. The fourth-order valence-electron chi connectivity index (χ4n) is 9.84. The molecule has 5 fully saturated rings. The molecule has 1 aromatic heterocycles. The summed E-state index contributed by atoms with van der Waals surface area (Å²) in [6, 6.07) is 11.7. The van der Waals surface area contributed by atoms with Crippen LogP contribution in [0.2, 0.25) is 0 Å². The summed E-state index contributed by atoms with van der Waals surface area (Å²) in [5.74, 6) is 2.43. The molecule has 1 N–H and O–H groups in total. The number of aliphatic carboxylic acids is 1. The SMILES string of the molecule is O=C(O)CN1CCCC[C@H]1Cc1nc2ccccc2n1C1C[C@H]2CCC[C@@H](C1)N2C1C[C@H]2CCCC[C@@H](C1)C2. The van der Waals surface area contributed by atoms with Crippen molar-refractivity contribution in [2.24, 2.45) is 11.8 Å². The Morgan fingerprint density at radius 1 is 0.795 bits per heavy atom. The lowest BCUT2D eigenvalue weighted by Gasteiger charge is -2.54. The third-order valence-electron chi connectivity index (χ3n) is 11.3. The van der Waals surface area contributed by atoms with Crippen molar-refractivity contribution in [1.82, 2.24) is 19.4 Å². The van der Waals surface area contributed by atoms with E-state index in [1.165, 1.54) is 94.8 Å². The van der Waals surface area contributed by atoms with Gasteiger partial charge in [0.1, 0.15) is 5.82 Å². The van der Waals surface area contributed by atoms with E-state index < -0.39 is 5.97 Å². The Hall–Kier alpha value is -1.92. The molecule has 0 radical (unpaired) electrons.